The largest absolute Gasteiger partial charge is 3.00 e. The maximum atomic E-state index is 9.87. The molecule has 22 heavy (non-hydrogen) atoms. The summed E-state index contributed by atoms with van der Waals surface area (Å²) < 4.78 is 178. The molecule has 0 aliphatic heterocycles. The molecule has 0 atom stereocenters. The van der Waals surface area contributed by atoms with Gasteiger partial charge in [-0.1, -0.05) is 0 Å². The van der Waals surface area contributed by atoms with E-state index in [4.69, 9.17) is 0 Å². The monoisotopic (exact) mass is 574 g/mol. The number of hydrogen-bond acceptors (Lipinski definition) is 0. The molecular formula is F18LaP3. The summed E-state index contributed by atoms with van der Waals surface area (Å²) >= 11 is 0. The van der Waals surface area contributed by atoms with E-state index in [1.165, 1.54) is 0 Å². The predicted octanol–water partition coefficient (Wildman–Crippen LogP) is 10.1. The SMILES string of the molecule is F[P-](F)(F)(F)(F)F.F[P-](F)(F)(F)(F)F.F[P-](F)(F)(F)(F)F.[La+3]. The van der Waals surface area contributed by atoms with Gasteiger partial charge in [0.15, 0.2) is 0 Å². The summed E-state index contributed by atoms with van der Waals surface area (Å²) in [5.41, 5.74) is 0. The molecule has 0 N–H and O–H groups in total. The summed E-state index contributed by atoms with van der Waals surface area (Å²) in [4.78, 5) is 0. The Bertz CT molecular complexity index is 265. The van der Waals surface area contributed by atoms with Crippen molar-refractivity contribution in [3.05, 3.63) is 0 Å². The first kappa shape index (κ1) is 31.0. The van der Waals surface area contributed by atoms with Crippen LogP contribution in [0.1, 0.15) is 0 Å². The molecule has 0 aromatic rings. The zero-order valence-electron chi connectivity index (χ0n) is 8.72. The van der Waals surface area contributed by atoms with Crippen molar-refractivity contribution >= 4 is 23.4 Å². The van der Waals surface area contributed by atoms with Gasteiger partial charge in [0.1, 0.15) is 0 Å². The minimum Gasteiger partial charge on any atom is 3.00 e. The third-order valence-electron chi connectivity index (χ3n) is 0. The molecule has 0 heterocycles. The minimum absolute atomic E-state index is 0. The van der Waals surface area contributed by atoms with Gasteiger partial charge in [-0.3, -0.25) is 0 Å². The maximum absolute atomic E-state index is 10.7. The molecule has 0 amide bonds. The van der Waals surface area contributed by atoms with Crippen LogP contribution in [-0.4, -0.2) is 0 Å². The third kappa shape index (κ3) is 5790. The van der Waals surface area contributed by atoms with Crippen LogP contribution in [-0.2, 0) is 0 Å². The van der Waals surface area contributed by atoms with Gasteiger partial charge in [-0.05, 0) is 0 Å². The van der Waals surface area contributed by atoms with Gasteiger partial charge < -0.3 is 0 Å². The molecular weight excluding hydrogens is 574 g/mol. The Morgan fingerprint density at radius 2 is 0.227 bits per heavy atom. The van der Waals surface area contributed by atoms with Crippen molar-refractivity contribution in [1.29, 1.82) is 0 Å². The number of hydrogen-bond donors (Lipinski definition) is 0. The van der Waals surface area contributed by atoms with Crippen molar-refractivity contribution in [2.45, 2.75) is 0 Å². The zero-order chi connectivity index (χ0) is 19.2. The molecule has 0 bridgehead atoms. The molecule has 22 heteroatoms. The van der Waals surface area contributed by atoms with Crippen LogP contribution in [0.25, 0.3) is 0 Å². The van der Waals surface area contributed by atoms with Crippen molar-refractivity contribution in [3.63, 3.8) is 0 Å². The van der Waals surface area contributed by atoms with E-state index in [1.54, 1.807) is 0 Å². The van der Waals surface area contributed by atoms with Crippen LogP contribution in [0.3, 0.4) is 0 Å². The van der Waals surface area contributed by atoms with Gasteiger partial charge in [-0.15, -0.1) is 0 Å². The number of halogens is 18. The Kier molecular flexibility index (Phi) is 6.61. The van der Waals surface area contributed by atoms with Crippen LogP contribution in [0.2, 0.25) is 0 Å². The average Bonchev–Trinajstić information content (AvgIpc) is 1.19. The summed E-state index contributed by atoms with van der Waals surface area (Å²) in [5.74, 6) is 0. The van der Waals surface area contributed by atoms with E-state index >= 15 is 0 Å². The summed E-state index contributed by atoms with van der Waals surface area (Å²) in [6.07, 6.45) is 0. The molecule has 144 valence electrons. The Morgan fingerprint density at radius 3 is 0.227 bits per heavy atom. The van der Waals surface area contributed by atoms with Crippen LogP contribution in [0, 0.1) is 35.6 Å². The van der Waals surface area contributed by atoms with E-state index in [0.29, 0.717) is 0 Å². The van der Waals surface area contributed by atoms with Crippen molar-refractivity contribution in [2.24, 2.45) is 0 Å². The quantitative estimate of drug-likeness (QED) is 0.200. The topological polar surface area (TPSA) is 0 Å². The van der Waals surface area contributed by atoms with Crippen LogP contribution in [0.4, 0.5) is 75.5 Å². The van der Waals surface area contributed by atoms with Gasteiger partial charge in [-0.25, -0.2) is 0 Å². The van der Waals surface area contributed by atoms with Gasteiger partial charge in [0.2, 0.25) is 0 Å². The van der Waals surface area contributed by atoms with Crippen LogP contribution >= 0.6 is 23.4 Å². The molecule has 0 saturated heterocycles. The summed E-state index contributed by atoms with van der Waals surface area (Å²) in [6, 6.07) is 0. The first-order valence-electron chi connectivity index (χ1n) is 3.04. The maximum Gasteiger partial charge on any atom is 3.00 e. The zero-order valence-corrected chi connectivity index (χ0v) is 15.0. The van der Waals surface area contributed by atoms with Gasteiger partial charge in [0.25, 0.3) is 0 Å². The molecule has 0 aromatic heterocycles. The Labute approximate surface area is 134 Å². The average molecular weight is 574 g/mol. The fourth-order valence-electron chi connectivity index (χ4n) is 0. The first-order valence-corrected chi connectivity index (χ1v) is 9.13. The van der Waals surface area contributed by atoms with E-state index in [1.807, 2.05) is 0 Å². The predicted molar refractivity (Wildman–Crippen MR) is 40.7 cm³/mol. The van der Waals surface area contributed by atoms with Gasteiger partial charge in [-0.2, -0.15) is 0 Å². The summed E-state index contributed by atoms with van der Waals surface area (Å²) in [7, 11) is -32.0. The molecule has 0 aliphatic carbocycles. The second-order valence-corrected chi connectivity index (χ2v) is 8.62. The Hall–Kier alpha value is 1.22. The fourth-order valence-corrected chi connectivity index (χ4v) is 0. The third-order valence-corrected chi connectivity index (χ3v) is 0. The molecule has 0 rings (SSSR count). The van der Waals surface area contributed by atoms with E-state index in [9.17, 15) is 75.5 Å². The second kappa shape index (κ2) is 4.69. The van der Waals surface area contributed by atoms with E-state index < -0.39 is 23.4 Å². The normalized spacial score (nSPS) is 22.1. The van der Waals surface area contributed by atoms with Crippen LogP contribution < -0.4 is 0 Å². The molecule has 0 aliphatic rings. The summed E-state index contributed by atoms with van der Waals surface area (Å²) in [6.45, 7) is 0. The molecule has 0 radical (unpaired) electrons. The molecule has 0 nitrogen and oxygen atoms in total. The standard InChI is InChI=1S/3F6P.La/c3*1-7(2,3,4,5)6;/q3*-1;+3. The number of rotatable bonds is 0. The van der Waals surface area contributed by atoms with E-state index in [0.717, 1.165) is 0 Å². The minimum atomic E-state index is -10.7. The van der Waals surface area contributed by atoms with Crippen molar-refractivity contribution in [1.82, 2.24) is 0 Å². The molecule has 0 fully saturated rings. The first-order chi connectivity index (χ1) is 7.35. The van der Waals surface area contributed by atoms with Crippen LogP contribution in [0.15, 0.2) is 0 Å². The van der Waals surface area contributed by atoms with E-state index in [2.05, 4.69) is 0 Å². The fraction of sp³-hybridized carbons (Fsp3) is 0. The Balaban J connectivity index is -0.000000108. The van der Waals surface area contributed by atoms with E-state index in [-0.39, 0.29) is 35.6 Å². The Morgan fingerprint density at radius 1 is 0.227 bits per heavy atom. The molecule has 0 saturated carbocycles. The molecule has 0 spiro atoms. The van der Waals surface area contributed by atoms with Gasteiger partial charge >= 0.3 is 135 Å². The van der Waals surface area contributed by atoms with Crippen molar-refractivity contribution in [2.75, 3.05) is 0 Å². The summed E-state index contributed by atoms with van der Waals surface area (Å²) in [5, 5.41) is 0. The van der Waals surface area contributed by atoms with Gasteiger partial charge in [0, 0.05) is 0 Å². The smallest absolute Gasteiger partial charge is 3.00 e. The van der Waals surface area contributed by atoms with Gasteiger partial charge in [0.05, 0.1) is 0 Å². The van der Waals surface area contributed by atoms with Crippen molar-refractivity contribution in [3.8, 4) is 0 Å². The molecule has 0 aromatic carbocycles. The van der Waals surface area contributed by atoms with Crippen LogP contribution in [0.5, 0.6) is 0 Å². The molecule has 0 unspecified atom stereocenters. The van der Waals surface area contributed by atoms with Crippen molar-refractivity contribution < 1.29 is 111 Å². The second-order valence-electron chi connectivity index (χ2n) is 2.87.